The summed E-state index contributed by atoms with van der Waals surface area (Å²) in [6.07, 6.45) is -3.78. The summed E-state index contributed by atoms with van der Waals surface area (Å²) in [5.74, 6) is 0.408. The van der Waals surface area contributed by atoms with Gasteiger partial charge in [0.2, 0.25) is 0 Å². The van der Waals surface area contributed by atoms with E-state index in [4.69, 9.17) is 42.1 Å². The van der Waals surface area contributed by atoms with Gasteiger partial charge < -0.3 is 51.6 Å². The first kappa shape index (κ1) is 26.7. The Morgan fingerprint density at radius 2 is 1.30 bits per heavy atom. The van der Waals surface area contributed by atoms with Crippen molar-refractivity contribution in [1.82, 2.24) is 0 Å². The molecule has 0 aliphatic rings. The lowest BCUT2D eigenvalue weighted by molar-refractivity contribution is 0.0450. The highest BCUT2D eigenvalue weighted by molar-refractivity contribution is 5.70. The molecule has 10 N–H and O–H groups in total. The molecule has 12 nitrogen and oxygen atoms in total. The van der Waals surface area contributed by atoms with Crippen molar-refractivity contribution < 1.29 is 49.7 Å². The van der Waals surface area contributed by atoms with E-state index in [1.807, 2.05) is 0 Å². The maximum Gasteiger partial charge on any atom is 0.409 e. The van der Waals surface area contributed by atoms with E-state index in [2.05, 4.69) is 9.47 Å². The van der Waals surface area contributed by atoms with E-state index in [-0.39, 0.29) is 37.9 Å². The number of nitrogens with two attached hydrogens (primary N) is 2. The molecule has 27 heavy (non-hydrogen) atoms. The van der Waals surface area contributed by atoms with Crippen LogP contribution in [0, 0.1) is 6.92 Å². The Bertz CT molecular complexity index is 537. The smallest absolute Gasteiger partial charge is 0.409 e. The number of carbonyl (C=O) groups excluding carboxylic acids is 2. The second-order valence-corrected chi connectivity index (χ2v) is 4.81. The van der Waals surface area contributed by atoms with E-state index < -0.39 is 24.4 Å². The minimum absolute atomic E-state index is 0.185. The molecule has 0 aromatic heterocycles. The summed E-state index contributed by atoms with van der Waals surface area (Å²) in [6, 6.07) is 4.48. The molecule has 0 radical (unpaired) electrons. The van der Waals surface area contributed by atoms with Crippen LogP contribution in [0.5, 0.6) is 11.5 Å². The summed E-state index contributed by atoms with van der Waals surface area (Å²) >= 11 is 0. The van der Waals surface area contributed by atoms with Crippen molar-refractivity contribution in [1.29, 1.82) is 0 Å². The highest BCUT2D eigenvalue weighted by Gasteiger charge is 2.06. The summed E-state index contributed by atoms with van der Waals surface area (Å²) in [7, 11) is 0. The number of hydrogen-bond donors (Lipinski definition) is 8. The highest BCUT2D eigenvalue weighted by atomic mass is 16.6. The van der Waals surface area contributed by atoms with Crippen LogP contribution < -0.4 is 20.9 Å². The van der Waals surface area contributed by atoms with E-state index in [1.165, 1.54) is 12.1 Å². The van der Waals surface area contributed by atoms with Crippen LogP contribution in [-0.4, -0.2) is 81.5 Å². The molecule has 0 unspecified atom stereocenters. The fraction of sp³-hybridized carbons (Fsp3) is 0.467. The third-order valence-electron chi connectivity index (χ3n) is 2.43. The standard InChI is InChI=1S/C9H10N2O4.2C3H8O3/c1-5-2-3-6(14-8(10)12)4-7(5)15-9(11)13;2*4-1-3(6)2-5/h2-4H,1H3,(H2,10,12)(H2,11,13);2*3-6H,1-2H2. The number of benzene rings is 1. The third kappa shape index (κ3) is 15.5. The molecule has 12 heteroatoms. The highest BCUT2D eigenvalue weighted by Crippen LogP contribution is 2.24. The van der Waals surface area contributed by atoms with Crippen molar-refractivity contribution in [2.75, 3.05) is 26.4 Å². The minimum Gasteiger partial charge on any atom is -0.410 e. The van der Waals surface area contributed by atoms with Crippen molar-refractivity contribution in [3.05, 3.63) is 23.8 Å². The molecule has 156 valence electrons. The predicted octanol–water partition coefficient (Wildman–Crippen LogP) is -2.43. The van der Waals surface area contributed by atoms with Crippen LogP contribution in [0.25, 0.3) is 0 Å². The Hall–Kier alpha value is -2.48. The van der Waals surface area contributed by atoms with Gasteiger partial charge in [-0.2, -0.15) is 0 Å². The van der Waals surface area contributed by atoms with Gasteiger partial charge in [0.1, 0.15) is 23.7 Å². The van der Waals surface area contributed by atoms with Crippen LogP contribution in [0.2, 0.25) is 0 Å². The lowest BCUT2D eigenvalue weighted by Crippen LogP contribution is -2.18. The van der Waals surface area contributed by atoms with E-state index >= 15 is 0 Å². The lowest BCUT2D eigenvalue weighted by Gasteiger charge is -2.07. The summed E-state index contributed by atoms with van der Waals surface area (Å²) in [5.41, 5.74) is 10.4. The number of aliphatic hydroxyl groups is 6. The van der Waals surface area contributed by atoms with Crippen LogP contribution in [0.4, 0.5) is 9.59 Å². The van der Waals surface area contributed by atoms with Crippen LogP contribution in [0.15, 0.2) is 18.2 Å². The average Bonchev–Trinajstić information content (AvgIpc) is 2.63. The van der Waals surface area contributed by atoms with Gasteiger partial charge in [-0.1, -0.05) is 6.07 Å². The molecule has 0 saturated carbocycles. The molecular weight excluding hydrogens is 368 g/mol. The van der Waals surface area contributed by atoms with Gasteiger partial charge in [0, 0.05) is 6.07 Å². The SMILES string of the molecule is Cc1ccc(OC(N)=O)cc1OC(N)=O.OCC(O)CO.OCC(O)CO. The van der Waals surface area contributed by atoms with Crippen LogP contribution >= 0.6 is 0 Å². The predicted molar refractivity (Wildman–Crippen MR) is 92.0 cm³/mol. The molecule has 0 heterocycles. The maximum atomic E-state index is 10.5. The fourth-order valence-electron chi connectivity index (χ4n) is 1.09. The number of primary amides is 2. The molecule has 0 bridgehead atoms. The molecule has 1 aromatic rings. The first-order valence-corrected chi connectivity index (χ1v) is 7.45. The van der Waals surface area contributed by atoms with Crippen LogP contribution in [0.1, 0.15) is 5.56 Å². The Balaban J connectivity index is 0. The molecule has 0 aliphatic heterocycles. The van der Waals surface area contributed by atoms with Gasteiger partial charge in [0.15, 0.2) is 0 Å². The van der Waals surface area contributed by atoms with Crippen LogP contribution in [-0.2, 0) is 0 Å². The van der Waals surface area contributed by atoms with Gasteiger partial charge >= 0.3 is 12.2 Å². The van der Waals surface area contributed by atoms with Gasteiger partial charge in [-0.25, -0.2) is 9.59 Å². The molecule has 0 saturated heterocycles. The topological polar surface area (TPSA) is 226 Å². The quantitative estimate of drug-likeness (QED) is 0.254. The lowest BCUT2D eigenvalue weighted by atomic mass is 10.2. The number of carbonyl (C=O) groups is 2. The summed E-state index contributed by atoms with van der Waals surface area (Å²) < 4.78 is 9.27. The first-order chi connectivity index (χ1) is 12.6. The summed E-state index contributed by atoms with van der Waals surface area (Å²) in [5, 5.41) is 48.0. The minimum atomic E-state index is -0.954. The number of amides is 2. The monoisotopic (exact) mass is 394 g/mol. The molecular formula is C15H26N2O10. The molecule has 2 amide bonds. The number of aryl methyl sites for hydroxylation is 1. The molecule has 1 rings (SSSR count). The van der Waals surface area contributed by atoms with Crippen molar-refractivity contribution in [3.63, 3.8) is 0 Å². The number of rotatable bonds is 6. The van der Waals surface area contributed by atoms with E-state index in [9.17, 15) is 9.59 Å². The first-order valence-electron chi connectivity index (χ1n) is 7.45. The van der Waals surface area contributed by atoms with Gasteiger partial charge in [-0.3, -0.25) is 0 Å². The number of hydrogen-bond acceptors (Lipinski definition) is 10. The van der Waals surface area contributed by atoms with Crippen molar-refractivity contribution in [3.8, 4) is 11.5 Å². The average molecular weight is 394 g/mol. The van der Waals surface area contributed by atoms with Crippen molar-refractivity contribution in [2.24, 2.45) is 11.5 Å². The Labute approximate surface area is 155 Å². The summed E-state index contributed by atoms with van der Waals surface area (Å²) in [4.78, 5) is 21.0. The third-order valence-corrected chi connectivity index (χ3v) is 2.43. The van der Waals surface area contributed by atoms with Crippen molar-refractivity contribution >= 4 is 12.2 Å². The maximum absolute atomic E-state index is 10.5. The zero-order valence-electron chi connectivity index (χ0n) is 14.7. The zero-order valence-corrected chi connectivity index (χ0v) is 14.7. The Morgan fingerprint density at radius 1 is 0.889 bits per heavy atom. The van der Waals surface area contributed by atoms with Gasteiger partial charge in [0.05, 0.1) is 26.4 Å². The molecule has 0 aliphatic carbocycles. The second-order valence-electron chi connectivity index (χ2n) is 4.81. The fourth-order valence-corrected chi connectivity index (χ4v) is 1.09. The molecule has 1 aromatic carbocycles. The van der Waals surface area contributed by atoms with E-state index in [0.717, 1.165) is 0 Å². The van der Waals surface area contributed by atoms with Crippen molar-refractivity contribution in [2.45, 2.75) is 19.1 Å². The van der Waals surface area contributed by atoms with Gasteiger partial charge in [-0.15, -0.1) is 0 Å². The van der Waals surface area contributed by atoms with Crippen LogP contribution in [0.3, 0.4) is 0 Å². The number of ether oxygens (including phenoxy) is 2. The van der Waals surface area contributed by atoms with Gasteiger partial charge in [0.25, 0.3) is 0 Å². The zero-order chi connectivity index (χ0) is 21.4. The molecule has 0 spiro atoms. The second kappa shape index (κ2) is 15.7. The molecule has 0 atom stereocenters. The van der Waals surface area contributed by atoms with Gasteiger partial charge in [-0.05, 0) is 18.6 Å². The largest absolute Gasteiger partial charge is 0.410 e. The molecule has 0 fully saturated rings. The van der Waals surface area contributed by atoms with E-state index in [0.29, 0.717) is 5.56 Å². The Morgan fingerprint density at radius 3 is 1.59 bits per heavy atom. The Kier molecular flexibility index (Phi) is 15.6. The normalized spacial score (nSPS) is 9.67. The number of aliphatic hydroxyl groups excluding tert-OH is 6. The van der Waals surface area contributed by atoms with E-state index in [1.54, 1.807) is 13.0 Å². The summed E-state index contributed by atoms with van der Waals surface area (Å²) in [6.45, 7) is 0.256.